The Balaban J connectivity index is 2.21. The molecule has 1 aromatic carbocycles. The Hall–Kier alpha value is -1.83. The second-order valence-corrected chi connectivity index (χ2v) is 5.11. The SMILES string of the molecule is CCCNc1cccc(-c2ccc(C(C)C)cc2)n1. The van der Waals surface area contributed by atoms with Crippen molar-refractivity contribution in [1.29, 1.82) is 0 Å². The van der Waals surface area contributed by atoms with Gasteiger partial charge < -0.3 is 5.32 Å². The normalized spacial score (nSPS) is 10.7. The minimum atomic E-state index is 0.569. The van der Waals surface area contributed by atoms with E-state index in [-0.39, 0.29) is 0 Å². The minimum absolute atomic E-state index is 0.569. The van der Waals surface area contributed by atoms with E-state index in [1.165, 1.54) is 11.1 Å². The monoisotopic (exact) mass is 254 g/mol. The Kier molecular flexibility index (Phi) is 4.56. The fourth-order valence-corrected chi connectivity index (χ4v) is 1.99. The number of aromatic nitrogens is 1. The van der Waals surface area contributed by atoms with Crippen LogP contribution in [0.3, 0.4) is 0 Å². The molecular formula is C17H22N2. The standard InChI is InChI=1S/C17H22N2/c1-4-12-18-17-7-5-6-16(19-17)15-10-8-14(9-11-15)13(2)3/h5-11,13H,4,12H2,1-3H3,(H,18,19). The molecular weight excluding hydrogens is 232 g/mol. The van der Waals surface area contributed by atoms with Crippen LogP contribution in [0.4, 0.5) is 5.82 Å². The lowest BCUT2D eigenvalue weighted by Gasteiger charge is -2.08. The fraction of sp³-hybridized carbons (Fsp3) is 0.353. The summed E-state index contributed by atoms with van der Waals surface area (Å²) in [7, 11) is 0. The van der Waals surface area contributed by atoms with Gasteiger partial charge in [-0.1, -0.05) is 51.1 Å². The van der Waals surface area contributed by atoms with Gasteiger partial charge in [-0.3, -0.25) is 0 Å². The molecule has 19 heavy (non-hydrogen) atoms. The first kappa shape index (κ1) is 13.6. The van der Waals surface area contributed by atoms with Crippen molar-refractivity contribution in [3.8, 4) is 11.3 Å². The highest BCUT2D eigenvalue weighted by molar-refractivity contribution is 5.61. The fourth-order valence-electron chi connectivity index (χ4n) is 1.99. The first-order chi connectivity index (χ1) is 9.20. The molecule has 0 aliphatic carbocycles. The number of benzene rings is 1. The van der Waals surface area contributed by atoms with E-state index >= 15 is 0 Å². The van der Waals surface area contributed by atoms with Gasteiger partial charge in [-0.05, 0) is 30.0 Å². The summed E-state index contributed by atoms with van der Waals surface area (Å²) in [6.07, 6.45) is 1.11. The summed E-state index contributed by atoms with van der Waals surface area (Å²) < 4.78 is 0. The maximum Gasteiger partial charge on any atom is 0.126 e. The van der Waals surface area contributed by atoms with Gasteiger partial charge in [0.2, 0.25) is 0 Å². The van der Waals surface area contributed by atoms with Crippen LogP contribution in [-0.2, 0) is 0 Å². The summed E-state index contributed by atoms with van der Waals surface area (Å²) in [6, 6.07) is 14.8. The third kappa shape index (κ3) is 3.57. The molecule has 0 fully saturated rings. The van der Waals surface area contributed by atoms with Crippen LogP contribution in [0.1, 0.15) is 38.7 Å². The van der Waals surface area contributed by atoms with Crippen LogP contribution in [0.2, 0.25) is 0 Å². The van der Waals surface area contributed by atoms with Crippen LogP contribution in [0, 0.1) is 0 Å². The van der Waals surface area contributed by atoms with Gasteiger partial charge in [0.1, 0.15) is 5.82 Å². The quantitative estimate of drug-likeness (QED) is 0.837. The van der Waals surface area contributed by atoms with E-state index in [1.54, 1.807) is 0 Å². The lowest BCUT2D eigenvalue weighted by molar-refractivity contribution is 0.867. The van der Waals surface area contributed by atoms with Crippen LogP contribution < -0.4 is 5.32 Å². The van der Waals surface area contributed by atoms with Crippen molar-refractivity contribution in [3.05, 3.63) is 48.0 Å². The predicted octanol–water partition coefficient (Wildman–Crippen LogP) is 4.69. The molecule has 0 atom stereocenters. The number of nitrogens with zero attached hydrogens (tertiary/aromatic N) is 1. The summed E-state index contributed by atoms with van der Waals surface area (Å²) in [6.45, 7) is 7.54. The molecule has 0 unspecified atom stereocenters. The number of hydrogen-bond acceptors (Lipinski definition) is 2. The van der Waals surface area contributed by atoms with E-state index in [9.17, 15) is 0 Å². The van der Waals surface area contributed by atoms with Gasteiger partial charge in [0.05, 0.1) is 5.69 Å². The third-order valence-corrected chi connectivity index (χ3v) is 3.18. The van der Waals surface area contributed by atoms with Crippen molar-refractivity contribution in [2.24, 2.45) is 0 Å². The Morgan fingerprint density at radius 3 is 2.42 bits per heavy atom. The summed E-state index contributed by atoms with van der Waals surface area (Å²) in [5, 5.41) is 3.32. The first-order valence-corrected chi connectivity index (χ1v) is 7.02. The second-order valence-electron chi connectivity index (χ2n) is 5.11. The van der Waals surface area contributed by atoms with E-state index in [0.717, 1.165) is 24.5 Å². The second kappa shape index (κ2) is 6.37. The molecule has 0 aliphatic heterocycles. The average Bonchev–Trinajstić information content (AvgIpc) is 2.45. The first-order valence-electron chi connectivity index (χ1n) is 7.02. The van der Waals surface area contributed by atoms with Crippen molar-refractivity contribution in [1.82, 2.24) is 4.98 Å². The van der Waals surface area contributed by atoms with Gasteiger partial charge in [0.15, 0.2) is 0 Å². The molecule has 1 aromatic heterocycles. The van der Waals surface area contributed by atoms with Gasteiger partial charge in [-0.15, -0.1) is 0 Å². The maximum absolute atomic E-state index is 4.64. The molecule has 0 aliphatic rings. The van der Waals surface area contributed by atoms with E-state index in [0.29, 0.717) is 5.92 Å². The lowest BCUT2D eigenvalue weighted by Crippen LogP contribution is -2.01. The number of rotatable bonds is 5. The van der Waals surface area contributed by atoms with Gasteiger partial charge in [-0.2, -0.15) is 0 Å². The van der Waals surface area contributed by atoms with Crippen LogP contribution in [-0.4, -0.2) is 11.5 Å². The van der Waals surface area contributed by atoms with E-state index < -0.39 is 0 Å². The highest BCUT2D eigenvalue weighted by Gasteiger charge is 2.03. The molecule has 0 bridgehead atoms. The van der Waals surface area contributed by atoms with Gasteiger partial charge in [0.25, 0.3) is 0 Å². The number of nitrogens with one attached hydrogen (secondary N) is 1. The Morgan fingerprint density at radius 1 is 1.05 bits per heavy atom. The molecule has 2 heteroatoms. The Morgan fingerprint density at radius 2 is 1.79 bits per heavy atom. The molecule has 1 N–H and O–H groups in total. The molecule has 0 saturated carbocycles. The summed E-state index contributed by atoms with van der Waals surface area (Å²) in [5.74, 6) is 1.52. The largest absolute Gasteiger partial charge is 0.370 e. The zero-order valence-corrected chi connectivity index (χ0v) is 12.0. The molecule has 0 saturated heterocycles. The van der Waals surface area contributed by atoms with E-state index in [2.05, 4.69) is 67.5 Å². The predicted molar refractivity (Wildman–Crippen MR) is 82.5 cm³/mol. The van der Waals surface area contributed by atoms with E-state index in [1.807, 2.05) is 6.07 Å². The Labute approximate surface area is 115 Å². The zero-order chi connectivity index (χ0) is 13.7. The smallest absolute Gasteiger partial charge is 0.126 e. The van der Waals surface area contributed by atoms with Crippen molar-refractivity contribution in [3.63, 3.8) is 0 Å². The molecule has 2 aromatic rings. The summed E-state index contributed by atoms with van der Waals surface area (Å²) >= 11 is 0. The van der Waals surface area contributed by atoms with Crippen molar-refractivity contribution >= 4 is 5.82 Å². The average molecular weight is 254 g/mol. The van der Waals surface area contributed by atoms with Crippen LogP contribution in [0.5, 0.6) is 0 Å². The topological polar surface area (TPSA) is 24.9 Å². The van der Waals surface area contributed by atoms with Gasteiger partial charge in [-0.25, -0.2) is 4.98 Å². The molecule has 2 rings (SSSR count). The minimum Gasteiger partial charge on any atom is -0.370 e. The van der Waals surface area contributed by atoms with Crippen LogP contribution >= 0.6 is 0 Å². The van der Waals surface area contributed by atoms with Gasteiger partial charge in [0, 0.05) is 12.1 Å². The van der Waals surface area contributed by atoms with Crippen LogP contribution in [0.15, 0.2) is 42.5 Å². The van der Waals surface area contributed by atoms with Crippen molar-refractivity contribution in [2.75, 3.05) is 11.9 Å². The van der Waals surface area contributed by atoms with Crippen molar-refractivity contribution in [2.45, 2.75) is 33.1 Å². The third-order valence-electron chi connectivity index (χ3n) is 3.18. The summed E-state index contributed by atoms with van der Waals surface area (Å²) in [4.78, 5) is 4.64. The molecule has 0 amide bonds. The number of hydrogen-bond donors (Lipinski definition) is 1. The summed E-state index contributed by atoms with van der Waals surface area (Å²) in [5.41, 5.74) is 3.56. The maximum atomic E-state index is 4.64. The number of pyridine rings is 1. The molecule has 100 valence electrons. The van der Waals surface area contributed by atoms with Crippen LogP contribution in [0.25, 0.3) is 11.3 Å². The van der Waals surface area contributed by atoms with Crippen molar-refractivity contribution < 1.29 is 0 Å². The van der Waals surface area contributed by atoms with E-state index in [4.69, 9.17) is 0 Å². The lowest BCUT2D eigenvalue weighted by atomic mass is 10.0. The molecule has 0 spiro atoms. The number of anilines is 1. The molecule has 1 heterocycles. The highest BCUT2D eigenvalue weighted by Crippen LogP contribution is 2.22. The van der Waals surface area contributed by atoms with Gasteiger partial charge >= 0.3 is 0 Å². The molecule has 0 radical (unpaired) electrons. The zero-order valence-electron chi connectivity index (χ0n) is 12.0. The Bertz CT molecular complexity index is 515. The molecule has 2 nitrogen and oxygen atoms in total. The highest BCUT2D eigenvalue weighted by atomic mass is 15.0.